The number of aliphatic hydroxyl groups excluding tert-OH is 1. The summed E-state index contributed by atoms with van der Waals surface area (Å²) in [4.78, 5) is 36.0. The first kappa shape index (κ1) is 33.5. The van der Waals surface area contributed by atoms with Crippen molar-refractivity contribution in [1.29, 1.82) is 0 Å². The van der Waals surface area contributed by atoms with Gasteiger partial charge in [-0.05, 0) is 61.4 Å². The van der Waals surface area contributed by atoms with Gasteiger partial charge in [-0.3, -0.25) is 14.8 Å². The smallest absolute Gasteiger partial charge is 0.228 e. The summed E-state index contributed by atoms with van der Waals surface area (Å²) in [6.45, 7) is 6.34. The van der Waals surface area contributed by atoms with Crippen LogP contribution < -0.4 is 11.1 Å². The van der Waals surface area contributed by atoms with E-state index in [2.05, 4.69) is 23.3 Å². The maximum absolute atomic E-state index is 12.6. The third-order valence-corrected chi connectivity index (χ3v) is 8.13. The summed E-state index contributed by atoms with van der Waals surface area (Å²) in [7, 11) is 1.89. The van der Waals surface area contributed by atoms with Gasteiger partial charge in [-0.15, -0.1) is 0 Å². The number of carbonyl (C=O) groups excluding carboxylic acids is 2. The number of primary amides is 1. The lowest BCUT2D eigenvalue weighted by atomic mass is 9.74. The van der Waals surface area contributed by atoms with E-state index in [-0.39, 0.29) is 6.54 Å². The number of nitrogens with zero attached hydrogens (tertiary/aromatic N) is 3. The number of likely N-dealkylation sites (N-methyl/N-ethyl adjacent to an activating group) is 1. The summed E-state index contributed by atoms with van der Waals surface area (Å²) in [5, 5.41) is 14.3. The zero-order chi connectivity index (χ0) is 31.3. The van der Waals surface area contributed by atoms with Crippen LogP contribution in [0.2, 0.25) is 0 Å². The topological polar surface area (TPSA) is 121 Å². The van der Waals surface area contributed by atoms with Gasteiger partial charge in [0.15, 0.2) is 0 Å². The van der Waals surface area contributed by atoms with Crippen molar-refractivity contribution in [3.63, 3.8) is 0 Å². The fourth-order valence-corrected chi connectivity index (χ4v) is 5.72. The number of aromatic nitrogens is 1. The van der Waals surface area contributed by atoms with Crippen molar-refractivity contribution in [2.45, 2.75) is 82.9 Å². The van der Waals surface area contributed by atoms with E-state index in [4.69, 9.17) is 10.7 Å². The van der Waals surface area contributed by atoms with Gasteiger partial charge in [-0.2, -0.15) is 0 Å². The minimum Gasteiger partial charge on any atom is -0.372 e. The number of aryl methyl sites for hydroxylation is 1. The number of nitrogens with one attached hydrogen (secondary N) is 1. The predicted octanol–water partition coefficient (Wildman–Crippen LogP) is 4.98. The number of rotatable bonds is 10. The second-order valence-electron chi connectivity index (χ2n) is 11.0. The lowest BCUT2D eigenvalue weighted by molar-refractivity contribution is -0.123. The minimum atomic E-state index is -0.931. The molecule has 1 aromatic carbocycles. The van der Waals surface area contributed by atoms with E-state index in [1.54, 1.807) is 18.5 Å². The normalized spacial score (nSPS) is 23.1. The molecule has 1 amide bonds. The van der Waals surface area contributed by atoms with Gasteiger partial charge in [0.1, 0.15) is 23.9 Å². The molecule has 43 heavy (non-hydrogen) atoms. The molecule has 4 N–H and O–H groups in total. The Kier molecular flexibility index (Phi) is 12.4. The first-order valence-electron chi connectivity index (χ1n) is 15.4. The lowest BCUT2D eigenvalue weighted by Crippen LogP contribution is -2.43. The fourth-order valence-electron chi connectivity index (χ4n) is 5.72. The Labute approximate surface area is 256 Å². The van der Waals surface area contributed by atoms with Crippen LogP contribution in [-0.2, 0) is 21.4 Å². The molecule has 0 spiro atoms. The Morgan fingerprint density at radius 3 is 2.53 bits per heavy atom. The van der Waals surface area contributed by atoms with Crippen LogP contribution in [0.25, 0.3) is 0 Å². The Morgan fingerprint density at radius 1 is 1.16 bits per heavy atom. The van der Waals surface area contributed by atoms with Crippen LogP contribution in [0.4, 0.5) is 0 Å². The molecule has 1 heterocycles. The fraction of sp³-hybridized carbons (Fsp3) is 0.429. The van der Waals surface area contributed by atoms with E-state index < -0.39 is 23.1 Å². The minimum absolute atomic E-state index is 0.238. The van der Waals surface area contributed by atoms with Gasteiger partial charge in [0, 0.05) is 30.7 Å². The molecule has 4 rings (SSSR count). The molecule has 2 aliphatic carbocycles. The van der Waals surface area contributed by atoms with Gasteiger partial charge in [-0.25, -0.2) is 0 Å². The number of benzene rings is 1. The molecular weight excluding hydrogens is 538 g/mol. The number of nitrogens with two attached hydrogens (primary N) is 1. The van der Waals surface area contributed by atoms with Crippen molar-refractivity contribution in [2.24, 2.45) is 10.7 Å². The largest absolute Gasteiger partial charge is 0.372 e. The number of aliphatic imine (C=N–C) groups is 1. The van der Waals surface area contributed by atoms with Gasteiger partial charge in [0.05, 0.1) is 12.0 Å². The van der Waals surface area contributed by atoms with Crippen LogP contribution in [0.3, 0.4) is 0 Å². The molecular formula is C35H47N5O3. The predicted molar refractivity (Wildman–Crippen MR) is 173 cm³/mol. The summed E-state index contributed by atoms with van der Waals surface area (Å²) in [5.74, 6) is 0.298. The molecule has 1 fully saturated rings. The summed E-state index contributed by atoms with van der Waals surface area (Å²) in [6.07, 6.45) is 17.9. The van der Waals surface area contributed by atoms with Crippen LogP contribution in [0.15, 0.2) is 89.9 Å². The van der Waals surface area contributed by atoms with E-state index in [1.165, 1.54) is 0 Å². The third-order valence-electron chi connectivity index (χ3n) is 8.13. The van der Waals surface area contributed by atoms with Crippen LogP contribution in [-0.4, -0.2) is 58.4 Å². The highest BCUT2D eigenvalue weighted by Crippen LogP contribution is 2.34. The number of hydrogen-bond donors (Lipinski definition) is 3. The Bertz CT molecular complexity index is 1330. The summed E-state index contributed by atoms with van der Waals surface area (Å²) >= 11 is 0. The Morgan fingerprint density at radius 2 is 1.88 bits per heavy atom. The standard InChI is InChI=1S/C33H41N5O3.C2H6/c1-3-25-12-4-5-16-28(25)30(37-32(24-39)17-8-9-18-32)38(2)23-29(40)36-27-14-6-7-19-33(31(34)41,20-10-15-27)26-13-11-21-35-22-26;1-2/h4-7,10-16,21-22,24,29,36,40H,3,8-9,17-20,23H2,1-2H3,(H2,34,41);1-2H3/b7-6+,15-10+,27-14+,37-30?;/t29?,33-;/m1./s1. The molecule has 0 saturated heterocycles. The molecule has 0 radical (unpaired) electrons. The van der Waals surface area contributed by atoms with Crippen LogP contribution >= 0.6 is 0 Å². The van der Waals surface area contributed by atoms with E-state index in [9.17, 15) is 14.7 Å². The lowest BCUT2D eigenvalue weighted by Gasteiger charge is -2.29. The first-order valence-corrected chi connectivity index (χ1v) is 15.4. The van der Waals surface area contributed by atoms with E-state index in [0.29, 0.717) is 24.4 Å². The number of aliphatic hydroxyl groups is 1. The second kappa shape index (κ2) is 16.0. The summed E-state index contributed by atoms with van der Waals surface area (Å²) < 4.78 is 0. The number of allylic oxidation sites excluding steroid dienone is 5. The van der Waals surface area contributed by atoms with Gasteiger partial charge in [0.25, 0.3) is 0 Å². The van der Waals surface area contributed by atoms with E-state index in [1.807, 2.05) is 80.4 Å². The average Bonchev–Trinajstić information content (AvgIpc) is 3.54. The van der Waals surface area contributed by atoms with E-state index in [0.717, 1.165) is 55.1 Å². The van der Waals surface area contributed by atoms with Crippen LogP contribution in [0.5, 0.6) is 0 Å². The number of hydrogen-bond acceptors (Lipinski definition) is 6. The van der Waals surface area contributed by atoms with Crippen molar-refractivity contribution < 1.29 is 14.7 Å². The van der Waals surface area contributed by atoms with Crippen molar-refractivity contribution in [2.75, 3.05) is 13.6 Å². The number of aldehydes is 1. The first-order chi connectivity index (χ1) is 20.8. The Hall–Kier alpha value is -4.04. The molecule has 2 aromatic rings. The van der Waals surface area contributed by atoms with Crippen molar-refractivity contribution >= 4 is 18.0 Å². The third kappa shape index (κ3) is 8.29. The molecule has 2 aliphatic rings. The molecule has 1 aromatic heterocycles. The quantitative estimate of drug-likeness (QED) is 0.157. The molecule has 0 aliphatic heterocycles. The highest BCUT2D eigenvalue weighted by atomic mass is 16.3. The Balaban J connectivity index is 0.00000248. The SMILES string of the molecule is CC.CCc1ccccc1C(=NC1(C=O)CCCC1)N(C)CC(O)NC1=C/C=C/C[C@](C(N)=O)(c2cccnc2)C\C=C\1. The summed E-state index contributed by atoms with van der Waals surface area (Å²) in [6, 6.07) is 11.8. The van der Waals surface area contributed by atoms with E-state index >= 15 is 0 Å². The highest BCUT2D eigenvalue weighted by molar-refractivity contribution is 6.01. The van der Waals surface area contributed by atoms with Gasteiger partial charge >= 0.3 is 0 Å². The van der Waals surface area contributed by atoms with Crippen molar-refractivity contribution in [3.05, 3.63) is 102 Å². The zero-order valence-electron chi connectivity index (χ0n) is 26.0. The zero-order valence-corrected chi connectivity index (χ0v) is 26.0. The summed E-state index contributed by atoms with van der Waals surface area (Å²) in [5.41, 5.74) is 7.85. The number of amidine groups is 1. The molecule has 0 bridgehead atoms. The second-order valence-corrected chi connectivity index (χ2v) is 11.0. The van der Waals surface area contributed by atoms with Crippen LogP contribution in [0, 0.1) is 0 Å². The number of amides is 1. The monoisotopic (exact) mass is 585 g/mol. The molecule has 1 unspecified atom stereocenters. The number of carbonyl (C=O) groups is 2. The van der Waals surface area contributed by atoms with Crippen molar-refractivity contribution in [3.8, 4) is 0 Å². The maximum atomic E-state index is 12.6. The number of pyridine rings is 1. The molecule has 8 nitrogen and oxygen atoms in total. The molecule has 8 heteroatoms. The average molecular weight is 586 g/mol. The highest BCUT2D eigenvalue weighted by Gasteiger charge is 2.37. The van der Waals surface area contributed by atoms with Crippen molar-refractivity contribution in [1.82, 2.24) is 15.2 Å². The maximum Gasteiger partial charge on any atom is 0.228 e. The van der Waals surface area contributed by atoms with Crippen LogP contribution in [0.1, 0.15) is 76.0 Å². The van der Waals surface area contributed by atoms with Gasteiger partial charge in [-0.1, -0.05) is 82.2 Å². The van der Waals surface area contributed by atoms with Gasteiger partial charge < -0.3 is 25.9 Å². The molecule has 230 valence electrons. The molecule has 2 atom stereocenters. The van der Waals surface area contributed by atoms with Gasteiger partial charge in [0.2, 0.25) is 5.91 Å². The molecule has 1 saturated carbocycles.